The maximum absolute atomic E-state index is 8.92. The average molecular weight is 370 g/mol. The highest BCUT2D eigenvalue weighted by Gasteiger charge is 2.03. The maximum Gasteiger partial charge on any atom is 0.101 e. The van der Waals surface area contributed by atoms with Gasteiger partial charge < -0.3 is 11.1 Å². The molecule has 0 radical (unpaired) electrons. The molecule has 0 atom stereocenters. The minimum absolute atomic E-state index is 0.462. The Morgan fingerprint density at radius 3 is 2.67 bits per heavy atom. The highest BCUT2D eigenvalue weighted by Crippen LogP contribution is 2.26. The third-order valence-corrected chi connectivity index (χ3v) is 3.51. The van der Waals surface area contributed by atoms with E-state index in [0.29, 0.717) is 16.3 Å². The van der Waals surface area contributed by atoms with E-state index >= 15 is 0 Å². The van der Waals surface area contributed by atoms with E-state index < -0.39 is 0 Å². The molecule has 0 saturated carbocycles. The number of nitrogens with two attached hydrogens (primary N) is 1. The second-order valence-electron chi connectivity index (χ2n) is 3.66. The van der Waals surface area contributed by atoms with Crippen molar-refractivity contribution < 1.29 is 0 Å². The predicted molar refractivity (Wildman–Crippen MR) is 83.0 cm³/mol. The topological polar surface area (TPSA) is 61.8 Å². The van der Waals surface area contributed by atoms with Crippen LogP contribution in [0.3, 0.4) is 0 Å². The van der Waals surface area contributed by atoms with E-state index in [1.165, 1.54) is 0 Å². The first-order valence-corrected chi connectivity index (χ1v) is 6.57. The summed E-state index contributed by atoms with van der Waals surface area (Å²) in [7, 11) is 0. The Morgan fingerprint density at radius 2 is 2.00 bits per heavy atom. The van der Waals surface area contributed by atoms with Crippen molar-refractivity contribution in [3.05, 3.63) is 50.6 Å². The number of rotatable bonds is 2. The molecule has 0 aliphatic heterocycles. The van der Waals surface area contributed by atoms with Crippen LogP contribution in [-0.2, 0) is 0 Å². The minimum Gasteiger partial charge on any atom is -0.398 e. The van der Waals surface area contributed by atoms with Crippen molar-refractivity contribution in [2.45, 2.75) is 0 Å². The van der Waals surface area contributed by atoms with Gasteiger partial charge in [0.15, 0.2) is 0 Å². The minimum atomic E-state index is 0.462. The van der Waals surface area contributed by atoms with Crippen molar-refractivity contribution in [1.82, 2.24) is 0 Å². The van der Waals surface area contributed by atoms with Gasteiger partial charge in [-0.1, -0.05) is 11.6 Å². The van der Waals surface area contributed by atoms with Gasteiger partial charge in [0.2, 0.25) is 0 Å². The number of hydrogen-bond acceptors (Lipinski definition) is 3. The van der Waals surface area contributed by atoms with Crippen molar-refractivity contribution >= 4 is 51.3 Å². The Bertz CT molecular complexity index is 635. The molecule has 0 aliphatic rings. The van der Waals surface area contributed by atoms with Crippen LogP contribution in [0.5, 0.6) is 0 Å². The monoisotopic (exact) mass is 369 g/mol. The van der Waals surface area contributed by atoms with Crippen LogP contribution in [0.2, 0.25) is 5.02 Å². The van der Waals surface area contributed by atoms with Gasteiger partial charge in [-0.3, -0.25) is 0 Å². The Balaban J connectivity index is 2.32. The highest BCUT2D eigenvalue weighted by atomic mass is 127. The number of hydrogen-bond donors (Lipinski definition) is 2. The molecule has 18 heavy (non-hydrogen) atoms. The van der Waals surface area contributed by atoms with Crippen LogP contribution in [0.1, 0.15) is 5.56 Å². The third kappa shape index (κ3) is 2.86. The number of nitrogens with zero attached hydrogens (tertiary/aromatic N) is 1. The first kappa shape index (κ1) is 13.0. The lowest BCUT2D eigenvalue weighted by atomic mass is 10.1. The standard InChI is InChI=1S/C13H9ClIN3/c14-9-1-4-13(11(15)6-9)18-10-2-3-12(17)8(5-10)7-16/h1-6,18H,17H2. The third-order valence-electron chi connectivity index (χ3n) is 2.38. The SMILES string of the molecule is N#Cc1cc(Nc2ccc(Cl)cc2I)ccc1N. The highest BCUT2D eigenvalue weighted by molar-refractivity contribution is 14.1. The maximum atomic E-state index is 8.92. The van der Waals surface area contributed by atoms with Crippen molar-refractivity contribution in [3.63, 3.8) is 0 Å². The van der Waals surface area contributed by atoms with Crippen molar-refractivity contribution in [2.75, 3.05) is 11.1 Å². The molecule has 2 aromatic rings. The largest absolute Gasteiger partial charge is 0.398 e. The number of anilines is 3. The molecule has 0 aromatic heterocycles. The van der Waals surface area contributed by atoms with Gasteiger partial charge >= 0.3 is 0 Å². The van der Waals surface area contributed by atoms with E-state index in [1.807, 2.05) is 24.3 Å². The summed E-state index contributed by atoms with van der Waals surface area (Å²) < 4.78 is 1.01. The van der Waals surface area contributed by atoms with Gasteiger partial charge in [-0.2, -0.15) is 5.26 Å². The molecule has 0 spiro atoms. The smallest absolute Gasteiger partial charge is 0.101 e. The summed E-state index contributed by atoms with van der Waals surface area (Å²) >= 11 is 8.10. The van der Waals surface area contributed by atoms with Crippen LogP contribution >= 0.6 is 34.2 Å². The van der Waals surface area contributed by atoms with E-state index in [2.05, 4.69) is 34.0 Å². The van der Waals surface area contributed by atoms with Crippen molar-refractivity contribution in [2.24, 2.45) is 0 Å². The quantitative estimate of drug-likeness (QED) is 0.618. The zero-order valence-corrected chi connectivity index (χ0v) is 12.2. The van der Waals surface area contributed by atoms with Gasteiger partial charge in [-0.05, 0) is 59.0 Å². The molecule has 2 aromatic carbocycles. The molecular weight excluding hydrogens is 361 g/mol. The van der Waals surface area contributed by atoms with E-state index in [0.717, 1.165) is 14.9 Å². The molecule has 0 bridgehead atoms. The number of halogens is 2. The summed E-state index contributed by atoms with van der Waals surface area (Å²) in [5.41, 5.74) is 8.38. The fourth-order valence-corrected chi connectivity index (χ4v) is 2.48. The molecule has 0 fully saturated rings. The summed E-state index contributed by atoms with van der Waals surface area (Å²) in [5, 5.41) is 12.8. The Kier molecular flexibility index (Phi) is 3.94. The number of nitrogens with one attached hydrogen (secondary N) is 1. The van der Waals surface area contributed by atoms with Gasteiger partial charge in [0, 0.05) is 20.0 Å². The first-order chi connectivity index (χ1) is 8.60. The van der Waals surface area contributed by atoms with E-state index in [9.17, 15) is 0 Å². The number of nitrogen functional groups attached to an aromatic ring is 1. The van der Waals surface area contributed by atoms with E-state index in [-0.39, 0.29) is 0 Å². The molecular formula is C13H9ClIN3. The van der Waals surface area contributed by atoms with Crippen LogP contribution in [0.4, 0.5) is 17.1 Å². The summed E-state index contributed by atoms with van der Waals surface area (Å²) in [6.45, 7) is 0. The lowest BCUT2D eigenvalue weighted by molar-refractivity contribution is 1.46. The molecule has 0 amide bonds. The van der Waals surface area contributed by atoms with Gasteiger partial charge in [0.05, 0.1) is 11.3 Å². The molecule has 0 saturated heterocycles. The second kappa shape index (κ2) is 5.46. The van der Waals surface area contributed by atoms with Crippen molar-refractivity contribution in [1.29, 1.82) is 5.26 Å². The zero-order chi connectivity index (χ0) is 13.1. The summed E-state index contributed by atoms with van der Waals surface area (Å²) in [6, 6.07) is 12.9. The Labute approximate surface area is 124 Å². The van der Waals surface area contributed by atoms with Crippen LogP contribution in [-0.4, -0.2) is 0 Å². The molecule has 0 heterocycles. The number of nitriles is 1. The van der Waals surface area contributed by atoms with Crippen molar-refractivity contribution in [3.8, 4) is 6.07 Å². The summed E-state index contributed by atoms with van der Waals surface area (Å²) in [4.78, 5) is 0. The van der Waals surface area contributed by atoms with Gasteiger partial charge in [-0.25, -0.2) is 0 Å². The normalized spacial score (nSPS) is 9.83. The van der Waals surface area contributed by atoms with Gasteiger partial charge in [-0.15, -0.1) is 0 Å². The predicted octanol–water partition coefficient (Wildman–Crippen LogP) is 4.14. The van der Waals surface area contributed by atoms with Gasteiger partial charge in [0.25, 0.3) is 0 Å². The molecule has 90 valence electrons. The summed E-state index contributed by atoms with van der Waals surface area (Å²) in [5.74, 6) is 0. The van der Waals surface area contributed by atoms with Crippen LogP contribution in [0, 0.1) is 14.9 Å². The lowest BCUT2D eigenvalue weighted by Crippen LogP contribution is -1.96. The fourth-order valence-electron chi connectivity index (χ4n) is 1.48. The summed E-state index contributed by atoms with van der Waals surface area (Å²) in [6.07, 6.45) is 0. The molecule has 5 heteroatoms. The van der Waals surface area contributed by atoms with E-state index in [1.54, 1.807) is 12.1 Å². The van der Waals surface area contributed by atoms with E-state index in [4.69, 9.17) is 22.6 Å². The number of benzene rings is 2. The average Bonchev–Trinajstić information content (AvgIpc) is 2.35. The molecule has 3 nitrogen and oxygen atoms in total. The van der Waals surface area contributed by atoms with Crippen LogP contribution in [0.15, 0.2) is 36.4 Å². The van der Waals surface area contributed by atoms with Gasteiger partial charge in [0.1, 0.15) is 6.07 Å². The molecule has 2 rings (SSSR count). The zero-order valence-electron chi connectivity index (χ0n) is 9.24. The Hall–Kier alpha value is -1.45. The fraction of sp³-hybridized carbons (Fsp3) is 0. The lowest BCUT2D eigenvalue weighted by Gasteiger charge is -2.10. The van der Waals surface area contributed by atoms with Crippen LogP contribution in [0.25, 0.3) is 0 Å². The Morgan fingerprint density at radius 1 is 1.22 bits per heavy atom. The molecule has 0 aliphatic carbocycles. The second-order valence-corrected chi connectivity index (χ2v) is 5.26. The van der Waals surface area contributed by atoms with Crippen LogP contribution < -0.4 is 11.1 Å². The molecule has 3 N–H and O–H groups in total. The molecule has 0 unspecified atom stereocenters. The first-order valence-electron chi connectivity index (χ1n) is 5.12.